The normalized spacial score (nSPS) is 16.3. The van der Waals surface area contributed by atoms with Crippen molar-refractivity contribution in [3.63, 3.8) is 0 Å². The molecule has 6 heteroatoms. The van der Waals surface area contributed by atoms with Crippen molar-refractivity contribution in [2.24, 2.45) is 0 Å². The lowest BCUT2D eigenvalue weighted by atomic mass is 10.2. The summed E-state index contributed by atoms with van der Waals surface area (Å²) >= 11 is 0. The Hall–Kier alpha value is -0.170. The topological polar surface area (TPSA) is 61.4 Å². The zero-order valence-corrected chi connectivity index (χ0v) is 14.9. The monoisotopic (exact) mass is 319 g/mol. The smallest absolute Gasteiger partial charge is 0.211 e. The number of unbranched alkanes of at least 4 members (excludes halogenated alkanes) is 1. The van der Waals surface area contributed by atoms with E-state index in [1.165, 1.54) is 12.8 Å². The molecule has 0 unspecified atom stereocenters. The molecule has 1 rings (SSSR count). The molecule has 0 aromatic rings. The highest BCUT2D eigenvalue weighted by Gasteiger charge is 2.19. The molecule has 0 atom stereocenters. The van der Waals surface area contributed by atoms with Gasteiger partial charge >= 0.3 is 0 Å². The van der Waals surface area contributed by atoms with Crippen molar-refractivity contribution in [2.45, 2.75) is 71.5 Å². The fourth-order valence-corrected chi connectivity index (χ4v) is 3.66. The number of nitrogens with zero attached hydrogens (tertiary/aromatic N) is 1. The molecule has 0 aromatic carbocycles. The third-order valence-electron chi connectivity index (χ3n) is 3.87. The lowest BCUT2D eigenvalue weighted by Crippen LogP contribution is -2.42. The lowest BCUT2D eigenvalue weighted by Gasteiger charge is -2.30. The summed E-state index contributed by atoms with van der Waals surface area (Å²) in [4.78, 5) is 2.29. The molecule has 1 aliphatic rings. The first-order chi connectivity index (χ1) is 9.82. The zero-order chi connectivity index (χ0) is 15.9. The number of rotatable bonds is 12. The summed E-state index contributed by atoms with van der Waals surface area (Å²) in [6.07, 6.45) is 4.22. The van der Waals surface area contributed by atoms with Crippen molar-refractivity contribution in [1.82, 2.24) is 14.9 Å². The van der Waals surface area contributed by atoms with Gasteiger partial charge in [-0.25, -0.2) is 13.1 Å². The Bertz CT molecular complexity index is 370. The maximum absolute atomic E-state index is 11.9. The zero-order valence-electron chi connectivity index (χ0n) is 14.1. The number of nitrogens with one attached hydrogen (secondary N) is 2. The highest BCUT2D eigenvalue weighted by atomic mass is 32.2. The predicted octanol–water partition coefficient (Wildman–Crippen LogP) is 1.56. The van der Waals surface area contributed by atoms with Crippen LogP contribution in [0, 0.1) is 0 Å². The summed E-state index contributed by atoms with van der Waals surface area (Å²) in [5.74, 6) is 0.239. The van der Waals surface area contributed by atoms with Crippen molar-refractivity contribution in [2.75, 3.05) is 25.4 Å². The van der Waals surface area contributed by atoms with Crippen LogP contribution >= 0.6 is 0 Å². The van der Waals surface area contributed by atoms with Crippen LogP contribution in [0.15, 0.2) is 0 Å². The van der Waals surface area contributed by atoms with Crippen molar-refractivity contribution in [3.8, 4) is 0 Å². The van der Waals surface area contributed by atoms with E-state index in [1.54, 1.807) is 0 Å². The molecule has 0 saturated heterocycles. The molecule has 2 N–H and O–H groups in total. The van der Waals surface area contributed by atoms with Gasteiger partial charge < -0.3 is 5.32 Å². The van der Waals surface area contributed by atoms with E-state index >= 15 is 0 Å². The van der Waals surface area contributed by atoms with E-state index < -0.39 is 10.0 Å². The second-order valence-electron chi connectivity index (χ2n) is 6.57. The van der Waals surface area contributed by atoms with Crippen molar-refractivity contribution < 1.29 is 8.42 Å². The molecule has 0 bridgehead atoms. The Labute approximate surface area is 130 Å². The molecule has 126 valence electrons. The minimum atomic E-state index is -3.12. The van der Waals surface area contributed by atoms with Gasteiger partial charge in [0.15, 0.2) is 0 Å². The summed E-state index contributed by atoms with van der Waals surface area (Å²) in [5.41, 5.74) is 0. The van der Waals surface area contributed by atoms with Crippen LogP contribution in [-0.4, -0.2) is 56.8 Å². The molecular weight excluding hydrogens is 286 g/mol. The van der Waals surface area contributed by atoms with Gasteiger partial charge in [0.25, 0.3) is 0 Å². The third kappa shape index (κ3) is 8.76. The highest BCUT2D eigenvalue weighted by molar-refractivity contribution is 7.89. The Morgan fingerprint density at radius 1 is 1.05 bits per heavy atom. The fraction of sp³-hybridized carbons (Fsp3) is 1.00. The molecule has 0 aliphatic heterocycles. The maximum Gasteiger partial charge on any atom is 0.211 e. The SMILES string of the molecule is CC(C)N(CCNS(=O)(=O)CCCCNC1CC1)C(C)C. The molecule has 0 amide bonds. The largest absolute Gasteiger partial charge is 0.314 e. The summed E-state index contributed by atoms with van der Waals surface area (Å²) in [6.45, 7) is 10.8. The van der Waals surface area contributed by atoms with Gasteiger partial charge in [-0.2, -0.15) is 0 Å². The minimum absolute atomic E-state index is 0.239. The van der Waals surface area contributed by atoms with E-state index in [4.69, 9.17) is 0 Å². The summed E-state index contributed by atoms with van der Waals surface area (Å²) in [5, 5.41) is 3.40. The number of sulfonamides is 1. The minimum Gasteiger partial charge on any atom is -0.314 e. The van der Waals surface area contributed by atoms with Gasteiger partial charge in [0.2, 0.25) is 10.0 Å². The van der Waals surface area contributed by atoms with Crippen LogP contribution in [0.1, 0.15) is 53.4 Å². The van der Waals surface area contributed by atoms with Gasteiger partial charge in [-0.05, 0) is 59.9 Å². The van der Waals surface area contributed by atoms with Gasteiger partial charge in [0, 0.05) is 31.2 Å². The standard InChI is InChI=1S/C15H33N3O2S/c1-13(2)18(14(3)4)11-10-17-21(19,20)12-6-5-9-16-15-7-8-15/h13-17H,5-12H2,1-4H3. The average molecular weight is 320 g/mol. The molecule has 0 aromatic heterocycles. The quantitative estimate of drug-likeness (QED) is 0.536. The van der Waals surface area contributed by atoms with E-state index in [0.29, 0.717) is 24.7 Å². The van der Waals surface area contributed by atoms with Crippen molar-refractivity contribution >= 4 is 10.0 Å². The Morgan fingerprint density at radius 2 is 1.67 bits per heavy atom. The molecular formula is C15H33N3O2S. The van der Waals surface area contributed by atoms with Crippen molar-refractivity contribution in [3.05, 3.63) is 0 Å². The second-order valence-corrected chi connectivity index (χ2v) is 8.50. The van der Waals surface area contributed by atoms with Crippen LogP contribution in [-0.2, 0) is 10.0 Å². The molecule has 1 fully saturated rings. The molecule has 0 radical (unpaired) electrons. The van der Waals surface area contributed by atoms with Crippen LogP contribution in [0.25, 0.3) is 0 Å². The summed E-state index contributed by atoms with van der Waals surface area (Å²) < 4.78 is 26.5. The molecule has 1 saturated carbocycles. The van der Waals surface area contributed by atoms with Gasteiger partial charge in [0.1, 0.15) is 0 Å². The fourth-order valence-electron chi connectivity index (χ4n) is 2.53. The molecule has 0 heterocycles. The van der Waals surface area contributed by atoms with E-state index in [0.717, 1.165) is 25.9 Å². The molecule has 0 spiro atoms. The summed E-state index contributed by atoms with van der Waals surface area (Å²) in [7, 11) is -3.12. The van der Waals surface area contributed by atoms with E-state index in [9.17, 15) is 8.42 Å². The van der Waals surface area contributed by atoms with Gasteiger partial charge in [-0.3, -0.25) is 4.90 Å². The maximum atomic E-state index is 11.9. The van der Waals surface area contributed by atoms with Gasteiger partial charge in [0.05, 0.1) is 5.75 Å². The average Bonchev–Trinajstić information content (AvgIpc) is 3.17. The van der Waals surface area contributed by atoms with E-state index in [1.807, 2.05) is 0 Å². The van der Waals surface area contributed by atoms with Gasteiger partial charge in [-0.15, -0.1) is 0 Å². The van der Waals surface area contributed by atoms with E-state index in [2.05, 4.69) is 42.6 Å². The van der Waals surface area contributed by atoms with Crippen LogP contribution in [0.2, 0.25) is 0 Å². The summed E-state index contributed by atoms with van der Waals surface area (Å²) in [6, 6.07) is 1.57. The highest BCUT2D eigenvalue weighted by Crippen LogP contribution is 2.18. The first kappa shape index (κ1) is 18.9. The van der Waals surface area contributed by atoms with Crippen LogP contribution in [0.4, 0.5) is 0 Å². The third-order valence-corrected chi connectivity index (χ3v) is 5.34. The Balaban J connectivity index is 2.12. The van der Waals surface area contributed by atoms with Crippen LogP contribution in [0.5, 0.6) is 0 Å². The molecule has 1 aliphatic carbocycles. The van der Waals surface area contributed by atoms with Crippen molar-refractivity contribution in [1.29, 1.82) is 0 Å². The Morgan fingerprint density at radius 3 is 2.19 bits per heavy atom. The second kappa shape index (κ2) is 9.08. The van der Waals surface area contributed by atoms with Crippen LogP contribution < -0.4 is 10.0 Å². The number of hydrogen-bond donors (Lipinski definition) is 2. The van der Waals surface area contributed by atoms with E-state index in [-0.39, 0.29) is 5.75 Å². The van der Waals surface area contributed by atoms with Gasteiger partial charge in [-0.1, -0.05) is 0 Å². The first-order valence-electron chi connectivity index (χ1n) is 8.28. The Kier molecular flexibility index (Phi) is 8.16. The lowest BCUT2D eigenvalue weighted by molar-refractivity contribution is 0.179. The van der Waals surface area contributed by atoms with Crippen LogP contribution in [0.3, 0.4) is 0 Å². The molecule has 5 nitrogen and oxygen atoms in total. The predicted molar refractivity (Wildman–Crippen MR) is 89.0 cm³/mol. The first-order valence-corrected chi connectivity index (χ1v) is 9.93. The number of hydrogen-bond acceptors (Lipinski definition) is 4. The molecule has 21 heavy (non-hydrogen) atoms.